The molecule has 0 bridgehead atoms. The average Bonchev–Trinajstić information content (AvgIpc) is 3.31. The van der Waals surface area contributed by atoms with E-state index in [9.17, 15) is 9.59 Å². The maximum atomic E-state index is 13.1. The second-order valence-corrected chi connectivity index (χ2v) is 9.23. The smallest absolute Gasteiger partial charge is 0.317 e. The number of piperazine rings is 1. The van der Waals surface area contributed by atoms with Gasteiger partial charge in [-0.05, 0) is 36.4 Å². The molecular weight excluding hydrogens is 420 g/mol. The highest BCUT2D eigenvalue weighted by atomic mass is 35.5. The van der Waals surface area contributed by atoms with Gasteiger partial charge in [-0.3, -0.25) is 4.79 Å². The van der Waals surface area contributed by atoms with Gasteiger partial charge in [0.15, 0.2) is 0 Å². The Hall–Kier alpha value is -2.25. The van der Waals surface area contributed by atoms with Crippen molar-refractivity contribution in [3.63, 3.8) is 0 Å². The van der Waals surface area contributed by atoms with Crippen molar-refractivity contribution in [1.82, 2.24) is 15.1 Å². The number of anilines is 1. The Bertz CT molecular complexity index is 868. The number of benzene rings is 1. The van der Waals surface area contributed by atoms with Crippen LogP contribution in [0.5, 0.6) is 0 Å². The molecule has 6 nitrogen and oxygen atoms in total. The summed E-state index contributed by atoms with van der Waals surface area (Å²) in [6, 6.07) is 11.7. The van der Waals surface area contributed by atoms with Gasteiger partial charge in [0.1, 0.15) is 0 Å². The predicted octanol–water partition coefficient (Wildman–Crippen LogP) is 3.67. The molecule has 3 heterocycles. The Labute approximate surface area is 186 Å². The molecule has 2 aliphatic heterocycles. The van der Waals surface area contributed by atoms with E-state index in [0.29, 0.717) is 32.7 Å². The molecule has 1 unspecified atom stereocenters. The van der Waals surface area contributed by atoms with Crippen LogP contribution in [0.15, 0.2) is 41.8 Å². The first-order chi connectivity index (χ1) is 14.6. The zero-order chi connectivity index (χ0) is 20.9. The number of amides is 3. The van der Waals surface area contributed by atoms with Gasteiger partial charge in [0, 0.05) is 44.1 Å². The quantitative estimate of drug-likeness (QED) is 0.779. The molecule has 30 heavy (non-hydrogen) atoms. The number of likely N-dealkylation sites (tertiary alicyclic amines) is 1. The lowest BCUT2D eigenvalue weighted by molar-refractivity contribution is -0.137. The van der Waals surface area contributed by atoms with E-state index in [1.807, 2.05) is 46.7 Å². The van der Waals surface area contributed by atoms with Crippen LogP contribution in [0.2, 0.25) is 5.02 Å². The zero-order valence-electron chi connectivity index (χ0n) is 16.9. The lowest BCUT2D eigenvalue weighted by atomic mass is 9.96. The van der Waals surface area contributed by atoms with Crippen LogP contribution in [0.25, 0.3) is 0 Å². The van der Waals surface area contributed by atoms with Crippen LogP contribution in [0.1, 0.15) is 17.7 Å². The molecular formula is C22H27ClN4O2S. The summed E-state index contributed by atoms with van der Waals surface area (Å²) >= 11 is 7.95. The first kappa shape index (κ1) is 21.0. The minimum atomic E-state index is -0.113. The number of nitrogens with zero attached hydrogens (tertiary/aromatic N) is 3. The van der Waals surface area contributed by atoms with Crippen LogP contribution in [-0.2, 0) is 11.3 Å². The Balaban J connectivity index is 1.28. The molecule has 1 atom stereocenters. The number of thiophene rings is 1. The first-order valence-corrected chi connectivity index (χ1v) is 11.7. The van der Waals surface area contributed by atoms with Gasteiger partial charge >= 0.3 is 6.03 Å². The van der Waals surface area contributed by atoms with Crippen LogP contribution >= 0.6 is 22.9 Å². The molecule has 1 N–H and O–H groups in total. The SMILES string of the molecule is O=C(NCc1cccs1)N1CCCC(C(=O)N2CCN(c3ccccc3Cl)CC2)C1. The normalized spacial score (nSPS) is 19.6. The van der Waals surface area contributed by atoms with Crippen LogP contribution in [0.3, 0.4) is 0 Å². The molecule has 0 saturated carbocycles. The maximum Gasteiger partial charge on any atom is 0.317 e. The minimum absolute atomic E-state index is 0.0792. The van der Waals surface area contributed by atoms with Gasteiger partial charge in [-0.1, -0.05) is 29.8 Å². The highest BCUT2D eigenvalue weighted by Gasteiger charge is 2.32. The number of nitrogens with one attached hydrogen (secondary N) is 1. The Morgan fingerprint density at radius 2 is 1.83 bits per heavy atom. The summed E-state index contributed by atoms with van der Waals surface area (Å²) in [5.41, 5.74) is 1.03. The second-order valence-electron chi connectivity index (χ2n) is 7.79. The van der Waals surface area contributed by atoms with Crippen molar-refractivity contribution < 1.29 is 9.59 Å². The number of hydrogen-bond donors (Lipinski definition) is 1. The lowest BCUT2D eigenvalue weighted by Crippen LogP contribution is -2.54. The molecule has 3 amide bonds. The van der Waals surface area contributed by atoms with Gasteiger partial charge in [0.2, 0.25) is 5.91 Å². The predicted molar refractivity (Wildman–Crippen MR) is 121 cm³/mol. The molecule has 2 saturated heterocycles. The van der Waals surface area contributed by atoms with Gasteiger partial charge < -0.3 is 20.0 Å². The van der Waals surface area contributed by atoms with Gasteiger partial charge in [-0.2, -0.15) is 0 Å². The van der Waals surface area contributed by atoms with Crippen LogP contribution in [0, 0.1) is 5.92 Å². The van der Waals surface area contributed by atoms with Crippen LogP contribution in [0.4, 0.5) is 10.5 Å². The van der Waals surface area contributed by atoms with E-state index < -0.39 is 0 Å². The Morgan fingerprint density at radius 1 is 1.03 bits per heavy atom. The number of urea groups is 1. The van der Waals surface area contributed by atoms with E-state index in [0.717, 1.165) is 41.5 Å². The van der Waals surface area contributed by atoms with Crippen LogP contribution < -0.4 is 10.2 Å². The third kappa shape index (κ3) is 4.90. The van der Waals surface area contributed by atoms with Gasteiger partial charge in [-0.25, -0.2) is 4.79 Å². The fourth-order valence-corrected chi connectivity index (χ4v) is 5.08. The first-order valence-electron chi connectivity index (χ1n) is 10.5. The topological polar surface area (TPSA) is 55.9 Å². The second kappa shape index (κ2) is 9.71. The number of hydrogen-bond acceptors (Lipinski definition) is 4. The van der Waals surface area contributed by atoms with Crippen molar-refractivity contribution in [3.05, 3.63) is 51.7 Å². The molecule has 0 radical (unpaired) electrons. The third-order valence-electron chi connectivity index (χ3n) is 5.84. The molecule has 4 rings (SSSR count). The van der Waals surface area contributed by atoms with Crippen molar-refractivity contribution in [2.45, 2.75) is 19.4 Å². The maximum absolute atomic E-state index is 13.1. The molecule has 0 aliphatic carbocycles. The summed E-state index contributed by atoms with van der Waals surface area (Å²) in [6.07, 6.45) is 1.71. The summed E-state index contributed by atoms with van der Waals surface area (Å²) in [5.74, 6) is 0.0580. The molecule has 1 aromatic carbocycles. The van der Waals surface area contributed by atoms with E-state index in [2.05, 4.69) is 10.2 Å². The molecule has 160 valence electrons. The molecule has 1 aromatic heterocycles. The van der Waals surface area contributed by atoms with E-state index in [1.165, 1.54) is 0 Å². The van der Waals surface area contributed by atoms with Crippen molar-refractivity contribution in [2.24, 2.45) is 5.92 Å². The third-order valence-corrected chi connectivity index (χ3v) is 7.03. The summed E-state index contributed by atoms with van der Waals surface area (Å²) in [6.45, 7) is 4.66. The number of piperidine rings is 1. The Kier molecular flexibility index (Phi) is 6.79. The van der Waals surface area contributed by atoms with E-state index >= 15 is 0 Å². The van der Waals surface area contributed by atoms with E-state index in [1.54, 1.807) is 16.2 Å². The summed E-state index contributed by atoms with van der Waals surface area (Å²) < 4.78 is 0. The van der Waals surface area contributed by atoms with E-state index in [4.69, 9.17) is 11.6 Å². The molecule has 0 spiro atoms. The molecule has 2 aromatic rings. The fraction of sp³-hybridized carbons (Fsp3) is 0.455. The van der Waals surface area contributed by atoms with Gasteiger partial charge in [-0.15, -0.1) is 11.3 Å². The molecule has 2 aliphatic rings. The highest BCUT2D eigenvalue weighted by molar-refractivity contribution is 7.09. The van der Waals surface area contributed by atoms with Gasteiger partial charge in [0.25, 0.3) is 0 Å². The number of halogens is 1. The van der Waals surface area contributed by atoms with Crippen molar-refractivity contribution >= 4 is 40.6 Å². The fourth-order valence-electron chi connectivity index (χ4n) is 4.18. The summed E-state index contributed by atoms with van der Waals surface area (Å²) in [5, 5.41) is 5.72. The largest absolute Gasteiger partial charge is 0.367 e. The minimum Gasteiger partial charge on any atom is -0.367 e. The van der Waals surface area contributed by atoms with Crippen LogP contribution in [-0.4, -0.2) is 61.0 Å². The standard InChI is InChI=1S/C22H27ClN4O2S/c23-19-7-1-2-8-20(19)25-10-12-26(13-11-25)21(28)17-5-3-9-27(16-17)22(29)24-15-18-6-4-14-30-18/h1-2,4,6-8,14,17H,3,5,9-13,15-16H2,(H,24,29). The average molecular weight is 447 g/mol. The van der Waals surface area contributed by atoms with E-state index in [-0.39, 0.29) is 17.9 Å². The van der Waals surface area contributed by atoms with Crippen molar-refractivity contribution in [2.75, 3.05) is 44.2 Å². The van der Waals surface area contributed by atoms with Crippen molar-refractivity contribution in [3.8, 4) is 0 Å². The number of rotatable bonds is 4. The Morgan fingerprint density at radius 3 is 2.57 bits per heavy atom. The monoisotopic (exact) mass is 446 g/mol. The molecule has 2 fully saturated rings. The van der Waals surface area contributed by atoms with Crippen molar-refractivity contribution in [1.29, 1.82) is 0 Å². The summed E-state index contributed by atoms with van der Waals surface area (Å²) in [7, 11) is 0. The lowest BCUT2D eigenvalue weighted by Gasteiger charge is -2.39. The zero-order valence-corrected chi connectivity index (χ0v) is 18.5. The number of carbonyl (C=O) groups excluding carboxylic acids is 2. The molecule has 8 heteroatoms. The highest BCUT2D eigenvalue weighted by Crippen LogP contribution is 2.27. The van der Waals surface area contributed by atoms with Gasteiger partial charge in [0.05, 0.1) is 23.2 Å². The summed E-state index contributed by atoms with van der Waals surface area (Å²) in [4.78, 5) is 32.7. The number of carbonyl (C=O) groups is 2. The number of para-hydroxylation sites is 1.